The number of anilines is 1. The number of sulfone groups is 1. The van der Waals surface area contributed by atoms with E-state index in [9.17, 15) is 46.8 Å². The van der Waals surface area contributed by atoms with Crippen molar-refractivity contribution in [3.8, 4) is 12.1 Å². The number of halogens is 3. The normalized spacial score (nSPS) is 16.4. The summed E-state index contributed by atoms with van der Waals surface area (Å²) < 4.78 is 65.8. The third kappa shape index (κ3) is 5.78. The molecule has 0 bridgehead atoms. The van der Waals surface area contributed by atoms with Crippen LogP contribution in [-0.2, 0) is 16.0 Å². The second-order valence-corrected chi connectivity index (χ2v) is 11.6. The van der Waals surface area contributed by atoms with E-state index < -0.39 is 56.7 Å². The zero-order valence-corrected chi connectivity index (χ0v) is 22.6. The number of carbonyl (C=O) groups excluding carboxylic acids is 2. The van der Waals surface area contributed by atoms with Gasteiger partial charge in [0.2, 0.25) is 0 Å². The van der Waals surface area contributed by atoms with Crippen molar-refractivity contribution < 1.29 is 36.3 Å². The monoisotopic (exact) mass is 575 g/mol. The van der Waals surface area contributed by atoms with Gasteiger partial charge in [0.25, 0.3) is 0 Å². The first-order chi connectivity index (χ1) is 18.5. The molecular weight excluding hydrogens is 551 g/mol. The summed E-state index contributed by atoms with van der Waals surface area (Å²) in [7, 11) is -4.09. The van der Waals surface area contributed by atoms with Crippen molar-refractivity contribution in [2.24, 2.45) is 0 Å². The minimum Gasteiger partial charge on any atom is -0.394 e. The smallest absolute Gasteiger partial charge is 0.394 e. The fraction of sp³-hybridized carbons (Fsp3) is 0.308. The van der Waals surface area contributed by atoms with Gasteiger partial charge >= 0.3 is 18.2 Å². The van der Waals surface area contributed by atoms with Crippen LogP contribution >= 0.6 is 0 Å². The molecule has 40 heavy (non-hydrogen) atoms. The van der Waals surface area contributed by atoms with Crippen molar-refractivity contribution in [3.63, 3.8) is 0 Å². The Balaban J connectivity index is 2.39. The number of amides is 4. The highest BCUT2D eigenvalue weighted by molar-refractivity contribution is 7.90. The number of urea groups is 2. The Morgan fingerprint density at radius 1 is 1.12 bits per heavy atom. The van der Waals surface area contributed by atoms with Gasteiger partial charge in [-0.05, 0) is 56.7 Å². The van der Waals surface area contributed by atoms with Gasteiger partial charge in [0, 0.05) is 12.0 Å². The molecule has 0 aromatic heterocycles. The average Bonchev–Trinajstić information content (AvgIpc) is 2.87. The molecule has 0 saturated carbocycles. The fourth-order valence-corrected chi connectivity index (χ4v) is 5.06. The number of carbonyl (C=O) groups is 2. The lowest BCUT2D eigenvalue weighted by Crippen LogP contribution is -2.59. The number of nitrogens with one attached hydrogen (secondary N) is 1. The molecule has 10 nitrogen and oxygen atoms in total. The Morgan fingerprint density at radius 2 is 1.77 bits per heavy atom. The van der Waals surface area contributed by atoms with E-state index in [-0.39, 0.29) is 28.1 Å². The topological polar surface area (TPSA) is 155 Å². The standard InChI is InChI=1S/C26H24F3N5O5S/c1-15-20(13-31)22(19-9-8-16(12-30)10-21(19)40(4,38)39)34(23(36)32-25(2,3)14-35)24(37)33(15)18-7-5-6-17(11-18)26(27,28)29/h5-11,22,35H,14H2,1-4H3,(H,32,36)/t22-/m1/s1. The molecule has 2 aromatic rings. The molecule has 0 fully saturated rings. The van der Waals surface area contributed by atoms with Crippen LogP contribution in [0.5, 0.6) is 0 Å². The Bertz CT molecular complexity index is 1600. The molecule has 0 unspecified atom stereocenters. The first kappa shape index (κ1) is 30.1. The summed E-state index contributed by atoms with van der Waals surface area (Å²) in [5.41, 5.74) is -3.38. The maximum atomic E-state index is 13.9. The van der Waals surface area contributed by atoms with Gasteiger partial charge in [-0.15, -0.1) is 0 Å². The number of aliphatic hydroxyl groups is 1. The van der Waals surface area contributed by atoms with Gasteiger partial charge in [0.05, 0.1) is 51.6 Å². The van der Waals surface area contributed by atoms with Crippen molar-refractivity contribution in [1.82, 2.24) is 10.2 Å². The number of hydrogen-bond donors (Lipinski definition) is 2. The van der Waals surface area contributed by atoms with E-state index in [1.165, 1.54) is 39.0 Å². The molecule has 0 saturated heterocycles. The third-order valence-corrected chi connectivity index (χ3v) is 7.25. The van der Waals surface area contributed by atoms with Gasteiger partial charge < -0.3 is 10.4 Å². The van der Waals surface area contributed by atoms with E-state index in [2.05, 4.69) is 5.32 Å². The molecule has 0 radical (unpaired) electrons. The van der Waals surface area contributed by atoms with E-state index in [0.717, 1.165) is 29.4 Å². The highest BCUT2D eigenvalue weighted by Crippen LogP contribution is 2.42. The lowest BCUT2D eigenvalue weighted by atomic mass is 9.93. The van der Waals surface area contributed by atoms with Crippen LogP contribution in [0.25, 0.3) is 0 Å². The van der Waals surface area contributed by atoms with Crippen LogP contribution < -0.4 is 10.2 Å². The van der Waals surface area contributed by atoms with Gasteiger partial charge in [-0.3, -0.25) is 4.90 Å². The van der Waals surface area contributed by atoms with Crippen LogP contribution in [0.1, 0.15) is 43.5 Å². The van der Waals surface area contributed by atoms with Crippen LogP contribution in [0.2, 0.25) is 0 Å². The quantitative estimate of drug-likeness (QED) is 0.540. The number of hydrogen-bond acceptors (Lipinski definition) is 7. The van der Waals surface area contributed by atoms with Crippen LogP contribution in [0.15, 0.2) is 58.6 Å². The lowest BCUT2D eigenvalue weighted by Gasteiger charge is -2.42. The number of nitrogens with zero attached hydrogens (tertiary/aromatic N) is 4. The first-order valence-electron chi connectivity index (χ1n) is 11.6. The summed E-state index contributed by atoms with van der Waals surface area (Å²) in [5, 5.41) is 31.6. The largest absolute Gasteiger partial charge is 0.416 e. The Hall–Kier alpha value is -4.40. The number of aliphatic hydroxyl groups excluding tert-OH is 1. The number of alkyl halides is 3. The van der Waals surface area contributed by atoms with Gasteiger partial charge in [-0.25, -0.2) is 22.9 Å². The SMILES string of the molecule is CC1=C(C#N)[C@@H](c2ccc(C#N)cc2S(C)(=O)=O)N(C(=O)NC(C)(C)CO)C(=O)N1c1cccc(C(F)(F)F)c1. The second kappa shape index (κ2) is 10.6. The first-order valence-corrected chi connectivity index (χ1v) is 13.4. The molecule has 14 heteroatoms. The maximum absolute atomic E-state index is 13.9. The number of imide groups is 1. The number of nitriles is 2. The maximum Gasteiger partial charge on any atom is 0.416 e. The summed E-state index contributed by atoms with van der Waals surface area (Å²) >= 11 is 0. The Kier molecular flexibility index (Phi) is 8.02. The minimum absolute atomic E-state index is 0.0477. The molecule has 4 amide bonds. The average molecular weight is 576 g/mol. The number of rotatable bonds is 5. The minimum atomic E-state index is -4.76. The van der Waals surface area contributed by atoms with Crippen LogP contribution in [0, 0.1) is 22.7 Å². The molecule has 1 atom stereocenters. The third-order valence-electron chi connectivity index (χ3n) is 6.10. The summed E-state index contributed by atoms with van der Waals surface area (Å²) in [5.74, 6) is 0. The molecule has 3 rings (SSSR count). The Labute approximate surface area is 228 Å². The van der Waals surface area contributed by atoms with Crippen molar-refractivity contribution in [2.75, 3.05) is 17.8 Å². The predicted octanol–water partition coefficient (Wildman–Crippen LogP) is 4.24. The van der Waals surface area contributed by atoms with Crippen LogP contribution in [0.4, 0.5) is 28.4 Å². The summed E-state index contributed by atoms with van der Waals surface area (Å²) in [6.07, 6.45) is -3.92. The second-order valence-electron chi connectivity index (χ2n) is 9.66. The fourth-order valence-electron chi connectivity index (χ4n) is 4.12. The molecule has 1 heterocycles. The summed E-state index contributed by atoms with van der Waals surface area (Å²) in [6.45, 7) is 3.55. The molecule has 2 N–H and O–H groups in total. The molecule has 210 valence electrons. The molecule has 1 aliphatic rings. The van der Waals surface area contributed by atoms with Crippen molar-refractivity contribution in [1.29, 1.82) is 10.5 Å². The lowest BCUT2D eigenvalue weighted by molar-refractivity contribution is -0.137. The van der Waals surface area contributed by atoms with Crippen molar-refractivity contribution in [3.05, 3.63) is 70.4 Å². The van der Waals surface area contributed by atoms with E-state index in [1.54, 1.807) is 6.07 Å². The molecule has 0 aliphatic carbocycles. The highest BCUT2D eigenvalue weighted by Gasteiger charge is 2.46. The number of allylic oxidation sites excluding steroid dienone is 1. The van der Waals surface area contributed by atoms with Gasteiger partial charge in [-0.2, -0.15) is 23.7 Å². The Morgan fingerprint density at radius 3 is 2.30 bits per heavy atom. The predicted molar refractivity (Wildman–Crippen MR) is 136 cm³/mol. The van der Waals surface area contributed by atoms with Crippen LogP contribution in [0.3, 0.4) is 0 Å². The number of benzene rings is 2. The summed E-state index contributed by atoms with van der Waals surface area (Å²) in [6, 6.07) is 6.85. The highest BCUT2D eigenvalue weighted by atomic mass is 32.2. The molecule has 0 spiro atoms. The molecule has 1 aliphatic heterocycles. The van der Waals surface area contributed by atoms with E-state index in [1.807, 2.05) is 6.07 Å². The van der Waals surface area contributed by atoms with Gasteiger partial charge in [-0.1, -0.05) is 12.1 Å². The van der Waals surface area contributed by atoms with Gasteiger partial charge in [0.15, 0.2) is 9.84 Å². The van der Waals surface area contributed by atoms with E-state index >= 15 is 0 Å². The zero-order valence-electron chi connectivity index (χ0n) is 21.7. The van der Waals surface area contributed by atoms with E-state index in [4.69, 9.17) is 0 Å². The van der Waals surface area contributed by atoms with Crippen LogP contribution in [-0.4, -0.2) is 48.9 Å². The molecule has 2 aromatic carbocycles. The van der Waals surface area contributed by atoms with Crippen molar-refractivity contribution >= 4 is 27.6 Å². The summed E-state index contributed by atoms with van der Waals surface area (Å²) in [4.78, 5) is 28.3. The van der Waals surface area contributed by atoms with E-state index in [0.29, 0.717) is 11.0 Å². The zero-order chi connectivity index (χ0) is 30.2. The van der Waals surface area contributed by atoms with Gasteiger partial charge in [0.1, 0.15) is 6.04 Å². The van der Waals surface area contributed by atoms with Crippen molar-refractivity contribution in [2.45, 2.75) is 43.4 Å². The molecular formula is C26H24F3N5O5S.